The predicted molar refractivity (Wildman–Crippen MR) is 107 cm³/mol. The van der Waals surface area contributed by atoms with Gasteiger partial charge in [-0.15, -0.1) is 0 Å². The number of carbonyl (C=O) groups is 2. The molecule has 1 aromatic heterocycles. The van der Waals surface area contributed by atoms with E-state index in [0.717, 1.165) is 23.2 Å². The monoisotopic (exact) mass is 377 g/mol. The summed E-state index contributed by atoms with van der Waals surface area (Å²) in [6.45, 7) is 3.96. The van der Waals surface area contributed by atoms with Crippen LogP contribution in [-0.2, 0) is 6.42 Å². The molecule has 0 aliphatic carbocycles. The highest BCUT2D eigenvalue weighted by molar-refractivity contribution is 6.08. The van der Waals surface area contributed by atoms with E-state index in [1.807, 2.05) is 32.0 Å². The fourth-order valence-corrected chi connectivity index (χ4v) is 2.81. The predicted octanol–water partition coefficient (Wildman–Crippen LogP) is 4.60. The SMILES string of the molecule is CCc1cccc(C)c1NC(=O)c1ccnc(C(=O)Nc2ccc(F)cc2)c1. The molecule has 0 unspecified atom stereocenters. The van der Waals surface area contributed by atoms with Crippen LogP contribution in [0.25, 0.3) is 0 Å². The lowest BCUT2D eigenvalue weighted by atomic mass is 10.1. The average molecular weight is 377 g/mol. The van der Waals surface area contributed by atoms with Gasteiger partial charge in [0.25, 0.3) is 11.8 Å². The zero-order valence-electron chi connectivity index (χ0n) is 15.6. The molecule has 5 nitrogen and oxygen atoms in total. The molecule has 0 aliphatic rings. The molecule has 0 bridgehead atoms. The number of para-hydroxylation sites is 1. The van der Waals surface area contributed by atoms with E-state index >= 15 is 0 Å². The molecular formula is C22H20FN3O2. The van der Waals surface area contributed by atoms with Gasteiger partial charge < -0.3 is 10.6 Å². The number of amides is 2. The van der Waals surface area contributed by atoms with Crippen LogP contribution in [-0.4, -0.2) is 16.8 Å². The van der Waals surface area contributed by atoms with Gasteiger partial charge in [0.2, 0.25) is 0 Å². The number of nitrogens with zero attached hydrogens (tertiary/aromatic N) is 1. The molecule has 3 aromatic rings. The third-order valence-corrected chi connectivity index (χ3v) is 4.34. The van der Waals surface area contributed by atoms with Gasteiger partial charge in [-0.3, -0.25) is 14.6 Å². The molecule has 0 fully saturated rings. The van der Waals surface area contributed by atoms with E-state index in [2.05, 4.69) is 15.6 Å². The van der Waals surface area contributed by atoms with Crippen molar-refractivity contribution in [2.45, 2.75) is 20.3 Å². The van der Waals surface area contributed by atoms with Crippen LogP contribution in [0.15, 0.2) is 60.8 Å². The fraction of sp³-hybridized carbons (Fsp3) is 0.136. The summed E-state index contributed by atoms with van der Waals surface area (Å²) >= 11 is 0. The van der Waals surface area contributed by atoms with Crippen LogP contribution in [0, 0.1) is 12.7 Å². The first-order valence-corrected chi connectivity index (χ1v) is 8.90. The Morgan fingerprint density at radius 1 is 1.00 bits per heavy atom. The highest BCUT2D eigenvalue weighted by atomic mass is 19.1. The summed E-state index contributed by atoms with van der Waals surface area (Å²) in [5, 5.41) is 5.56. The maximum Gasteiger partial charge on any atom is 0.274 e. The molecule has 0 radical (unpaired) electrons. The number of carbonyl (C=O) groups excluding carboxylic acids is 2. The summed E-state index contributed by atoms with van der Waals surface area (Å²) in [5.41, 5.74) is 3.65. The Bertz CT molecular complexity index is 1020. The van der Waals surface area contributed by atoms with Crippen LogP contribution in [0.2, 0.25) is 0 Å². The van der Waals surface area contributed by atoms with Gasteiger partial charge >= 0.3 is 0 Å². The molecule has 2 aromatic carbocycles. The summed E-state index contributed by atoms with van der Waals surface area (Å²) in [6.07, 6.45) is 2.20. The molecule has 3 rings (SSSR count). The molecule has 6 heteroatoms. The summed E-state index contributed by atoms with van der Waals surface area (Å²) in [4.78, 5) is 29.1. The Labute approximate surface area is 162 Å². The number of rotatable bonds is 5. The van der Waals surface area contributed by atoms with Crippen molar-refractivity contribution in [2.75, 3.05) is 10.6 Å². The average Bonchev–Trinajstić information content (AvgIpc) is 2.71. The van der Waals surface area contributed by atoms with E-state index in [-0.39, 0.29) is 11.6 Å². The van der Waals surface area contributed by atoms with Crippen LogP contribution >= 0.6 is 0 Å². The molecule has 0 spiro atoms. The Morgan fingerprint density at radius 2 is 1.75 bits per heavy atom. The van der Waals surface area contributed by atoms with Crippen molar-refractivity contribution in [3.05, 3.63) is 89.0 Å². The Morgan fingerprint density at radius 3 is 2.46 bits per heavy atom. The zero-order valence-corrected chi connectivity index (χ0v) is 15.6. The van der Waals surface area contributed by atoms with Gasteiger partial charge in [-0.05, 0) is 60.9 Å². The lowest BCUT2D eigenvalue weighted by molar-refractivity contribution is 0.102. The van der Waals surface area contributed by atoms with E-state index < -0.39 is 11.7 Å². The van der Waals surface area contributed by atoms with Gasteiger partial charge in [-0.2, -0.15) is 0 Å². The van der Waals surface area contributed by atoms with Gasteiger partial charge in [-0.1, -0.05) is 25.1 Å². The molecular weight excluding hydrogens is 357 g/mol. The van der Waals surface area contributed by atoms with Crippen LogP contribution in [0.1, 0.15) is 38.9 Å². The van der Waals surface area contributed by atoms with Crippen LogP contribution in [0.5, 0.6) is 0 Å². The molecule has 2 amide bonds. The van der Waals surface area contributed by atoms with Gasteiger partial charge in [-0.25, -0.2) is 4.39 Å². The minimum Gasteiger partial charge on any atom is -0.321 e. The number of hydrogen-bond donors (Lipinski definition) is 2. The van der Waals surface area contributed by atoms with Crippen molar-refractivity contribution in [1.82, 2.24) is 4.98 Å². The number of aryl methyl sites for hydroxylation is 2. The normalized spacial score (nSPS) is 10.4. The smallest absolute Gasteiger partial charge is 0.274 e. The first kappa shape index (κ1) is 19.2. The number of pyridine rings is 1. The minimum absolute atomic E-state index is 0.0949. The molecule has 1 heterocycles. The molecule has 0 atom stereocenters. The molecule has 0 aliphatic heterocycles. The summed E-state index contributed by atoms with van der Waals surface area (Å²) in [5.74, 6) is -1.19. The standard InChI is InChI=1S/C22H20FN3O2/c1-3-15-6-4-5-14(2)20(15)26-21(27)16-11-12-24-19(13-16)22(28)25-18-9-7-17(23)8-10-18/h4-13H,3H2,1-2H3,(H,25,28)(H,26,27). The third kappa shape index (κ3) is 4.40. The first-order chi connectivity index (χ1) is 13.5. The van der Waals surface area contributed by atoms with E-state index in [9.17, 15) is 14.0 Å². The molecule has 0 saturated carbocycles. The van der Waals surface area contributed by atoms with Gasteiger partial charge in [0, 0.05) is 23.1 Å². The molecule has 0 saturated heterocycles. The Kier molecular flexibility index (Phi) is 5.79. The molecule has 142 valence electrons. The molecule has 2 N–H and O–H groups in total. The maximum atomic E-state index is 13.0. The number of hydrogen-bond acceptors (Lipinski definition) is 3. The lowest BCUT2D eigenvalue weighted by Gasteiger charge is -2.13. The maximum absolute atomic E-state index is 13.0. The van der Waals surface area contributed by atoms with Crippen molar-refractivity contribution in [2.24, 2.45) is 0 Å². The second-order valence-electron chi connectivity index (χ2n) is 6.31. The van der Waals surface area contributed by atoms with Crippen molar-refractivity contribution < 1.29 is 14.0 Å². The van der Waals surface area contributed by atoms with Crippen molar-refractivity contribution >= 4 is 23.2 Å². The number of halogens is 1. The van der Waals surface area contributed by atoms with Crippen molar-refractivity contribution in [3.8, 4) is 0 Å². The van der Waals surface area contributed by atoms with Crippen LogP contribution in [0.3, 0.4) is 0 Å². The van der Waals surface area contributed by atoms with Crippen LogP contribution < -0.4 is 10.6 Å². The van der Waals surface area contributed by atoms with Crippen molar-refractivity contribution in [1.29, 1.82) is 0 Å². The van der Waals surface area contributed by atoms with E-state index in [1.54, 1.807) is 6.07 Å². The van der Waals surface area contributed by atoms with E-state index in [1.165, 1.54) is 36.5 Å². The van der Waals surface area contributed by atoms with Gasteiger partial charge in [0.05, 0.1) is 0 Å². The lowest BCUT2D eigenvalue weighted by Crippen LogP contribution is -2.17. The van der Waals surface area contributed by atoms with Gasteiger partial charge in [0.15, 0.2) is 0 Å². The quantitative estimate of drug-likeness (QED) is 0.683. The first-order valence-electron chi connectivity index (χ1n) is 8.90. The molecule has 28 heavy (non-hydrogen) atoms. The Balaban J connectivity index is 1.78. The second kappa shape index (κ2) is 8.43. The number of aromatic nitrogens is 1. The summed E-state index contributed by atoms with van der Waals surface area (Å²) < 4.78 is 13.0. The zero-order chi connectivity index (χ0) is 20.1. The third-order valence-electron chi connectivity index (χ3n) is 4.34. The highest BCUT2D eigenvalue weighted by Crippen LogP contribution is 2.22. The number of benzene rings is 2. The number of nitrogens with one attached hydrogen (secondary N) is 2. The van der Waals surface area contributed by atoms with Crippen LogP contribution in [0.4, 0.5) is 15.8 Å². The summed E-state index contributed by atoms with van der Waals surface area (Å²) in [6, 6.07) is 14.2. The largest absolute Gasteiger partial charge is 0.321 e. The number of anilines is 2. The van der Waals surface area contributed by atoms with Gasteiger partial charge in [0.1, 0.15) is 11.5 Å². The highest BCUT2D eigenvalue weighted by Gasteiger charge is 2.14. The topological polar surface area (TPSA) is 71.1 Å². The fourth-order valence-electron chi connectivity index (χ4n) is 2.81. The van der Waals surface area contributed by atoms with E-state index in [4.69, 9.17) is 0 Å². The minimum atomic E-state index is -0.480. The second-order valence-corrected chi connectivity index (χ2v) is 6.31. The van der Waals surface area contributed by atoms with E-state index in [0.29, 0.717) is 11.3 Å². The summed E-state index contributed by atoms with van der Waals surface area (Å²) in [7, 11) is 0. The van der Waals surface area contributed by atoms with Crippen molar-refractivity contribution in [3.63, 3.8) is 0 Å². The Hall–Kier alpha value is -3.54.